The third-order valence-electron chi connectivity index (χ3n) is 3.47. The number of carbonyl (C=O) groups is 1. The van der Waals surface area contributed by atoms with Gasteiger partial charge < -0.3 is 14.4 Å². The van der Waals surface area contributed by atoms with Crippen LogP contribution >= 0.6 is 0 Å². The van der Waals surface area contributed by atoms with Crippen LogP contribution in [0.25, 0.3) is 11.0 Å². The van der Waals surface area contributed by atoms with Crippen LogP contribution < -0.4 is 0 Å². The van der Waals surface area contributed by atoms with Crippen molar-refractivity contribution in [1.82, 2.24) is 4.90 Å². The fraction of sp³-hybridized carbons (Fsp3) is 0.438. The van der Waals surface area contributed by atoms with E-state index in [1.54, 1.807) is 11.2 Å². The smallest absolute Gasteiger partial charge is 0.227 e. The first-order chi connectivity index (χ1) is 9.65. The molecule has 1 aromatic heterocycles. The van der Waals surface area contributed by atoms with Crippen molar-refractivity contribution in [3.63, 3.8) is 0 Å². The molecule has 0 saturated heterocycles. The zero-order valence-electron chi connectivity index (χ0n) is 12.1. The first-order valence-corrected chi connectivity index (χ1v) is 7.01. The summed E-state index contributed by atoms with van der Waals surface area (Å²) in [5.74, 6) is 0.0734. The number of aliphatic hydroxyl groups is 1. The molecule has 1 N–H and O–H groups in total. The first kappa shape index (κ1) is 14.6. The van der Waals surface area contributed by atoms with E-state index in [2.05, 4.69) is 0 Å². The largest absolute Gasteiger partial charge is 0.464 e. The molecule has 0 atom stereocenters. The minimum Gasteiger partial charge on any atom is -0.464 e. The van der Waals surface area contributed by atoms with Crippen LogP contribution in [-0.4, -0.2) is 35.6 Å². The van der Waals surface area contributed by atoms with E-state index in [1.165, 1.54) is 0 Å². The molecule has 0 bridgehead atoms. The van der Waals surface area contributed by atoms with Crippen LogP contribution in [0.1, 0.15) is 24.5 Å². The van der Waals surface area contributed by atoms with Crippen molar-refractivity contribution >= 4 is 16.9 Å². The Bertz CT molecular complexity index is 588. The minimum absolute atomic E-state index is 0.0734. The van der Waals surface area contributed by atoms with E-state index in [0.29, 0.717) is 25.9 Å². The van der Waals surface area contributed by atoms with Crippen LogP contribution in [-0.2, 0) is 11.2 Å². The van der Waals surface area contributed by atoms with Gasteiger partial charge in [-0.25, -0.2) is 0 Å². The highest BCUT2D eigenvalue weighted by Crippen LogP contribution is 2.23. The number of rotatable bonds is 6. The Morgan fingerprint density at radius 1 is 1.40 bits per heavy atom. The Kier molecular flexibility index (Phi) is 4.79. The van der Waals surface area contributed by atoms with Crippen molar-refractivity contribution in [2.75, 3.05) is 19.7 Å². The summed E-state index contributed by atoms with van der Waals surface area (Å²) in [4.78, 5) is 14.0. The molecule has 0 aliphatic carbocycles. The maximum atomic E-state index is 12.3. The van der Waals surface area contributed by atoms with E-state index in [4.69, 9.17) is 9.52 Å². The summed E-state index contributed by atoms with van der Waals surface area (Å²) in [5, 5.41) is 9.87. The van der Waals surface area contributed by atoms with Gasteiger partial charge in [-0.05, 0) is 31.9 Å². The first-order valence-electron chi connectivity index (χ1n) is 7.01. The Balaban J connectivity index is 2.12. The Morgan fingerprint density at radius 2 is 2.20 bits per heavy atom. The molecule has 108 valence electrons. The van der Waals surface area contributed by atoms with Gasteiger partial charge in [0.2, 0.25) is 5.91 Å². The molecule has 0 aliphatic heterocycles. The summed E-state index contributed by atoms with van der Waals surface area (Å²) in [7, 11) is 0. The van der Waals surface area contributed by atoms with E-state index in [9.17, 15) is 4.79 Å². The van der Waals surface area contributed by atoms with Gasteiger partial charge in [-0.2, -0.15) is 0 Å². The second-order valence-electron chi connectivity index (χ2n) is 4.99. The standard InChI is InChI=1S/C16H21NO3/c1-3-17(7-4-8-18)16(19)10-13-11-20-15-9-12(2)5-6-14(13)15/h5-6,9,11,18H,3-4,7-8,10H2,1-2H3. The number of furan rings is 1. The Hall–Kier alpha value is -1.81. The lowest BCUT2D eigenvalue weighted by Gasteiger charge is -2.20. The molecule has 0 aliphatic rings. The fourth-order valence-corrected chi connectivity index (χ4v) is 2.32. The normalized spacial score (nSPS) is 10.9. The van der Waals surface area contributed by atoms with Gasteiger partial charge in [0.1, 0.15) is 5.58 Å². The van der Waals surface area contributed by atoms with Crippen molar-refractivity contribution in [2.24, 2.45) is 0 Å². The predicted octanol–water partition coefficient (Wildman–Crippen LogP) is 2.51. The summed E-state index contributed by atoms with van der Waals surface area (Å²) in [6.07, 6.45) is 2.63. The summed E-state index contributed by atoms with van der Waals surface area (Å²) >= 11 is 0. The molecule has 0 radical (unpaired) electrons. The Morgan fingerprint density at radius 3 is 2.90 bits per heavy atom. The lowest BCUT2D eigenvalue weighted by molar-refractivity contribution is -0.130. The quantitative estimate of drug-likeness (QED) is 0.881. The molecule has 4 nitrogen and oxygen atoms in total. The summed E-state index contributed by atoms with van der Waals surface area (Å²) < 4.78 is 5.51. The fourth-order valence-electron chi connectivity index (χ4n) is 2.32. The van der Waals surface area contributed by atoms with Crippen LogP contribution in [0.3, 0.4) is 0 Å². The molecule has 4 heteroatoms. The van der Waals surface area contributed by atoms with Crippen molar-refractivity contribution in [3.05, 3.63) is 35.6 Å². The number of amides is 1. The van der Waals surface area contributed by atoms with Gasteiger partial charge in [0.05, 0.1) is 12.7 Å². The van der Waals surface area contributed by atoms with Gasteiger partial charge in [-0.1, -0.05) is 12.1 Å². The molecular weight excluding hydrogens is 254 g/mol. The number of fused-ring (bicyclic) bond motifs is 1. The maximum Gasteiger partial charge on any atom is 0.227 e. The van der Waals surface area contributed by atoms with Crippen LogP contribution in [0.5, 0.6) is 0 Å². The van der Waals surface area contributed by atoms with E-state index < -0.39 is 0 Å². The van der Waals surface area contributed by atoms with Gasteiger partial charge in [0.25, 0.3) is 0 Å². The molecule has 1 aromatic carbocycles. The molecule has 2 aromatic rings. The average molecular weight is 275 g/mol. The van der Waals surface area contributed by atoms with Gasteiger partial charge in [-0.15, -0.1) is 0 Å². The number of benzene rings is 1. The number of likely N-dealkylation sites (N-methyl/N-ethyl adjacent to an activating group) is 1. The van der Waals surface area contributed by atoms with Crippen LogP contribution in [0.15, 0.2) is 28.9 Å². The van der Waals surface area contributed by atoms with E-state index >= 15 is 0 Å². The second kappa shape index (κ2) is 6.57. The van der Waals surface area contributed by atoms with E-state index in [-0.39, 0.29) is 12.5 Å². The molecule has 1 heterocycles. The van der Waals surface area contributed by atoms with Gasteiger partial charge >= 0.3 is 0 Å². The lowest BCUT2D eigenvalue weighted by atomic mass is 10.1. The zero-order chi connectivity index (χ0) is 14.5. The van der Waals surface area contributed by atoms with Crippen LogP contribution in [0, 0.1) is 6.92 Å². The van der Waals surface area contributed by atoms with Gasteiger partial charge in [-0.3, -0.25) is 4.79 Å². The molecule has 0 spiro atoms. The predicted molar refractivity (Wildman–Crippen MR) is 78.6 cm³/mol. The highest BCUT2D eigenvalue weighted by atomic mass is 16.3. The van der Waals surface area contributed by atoms with Crippen molar-refractivity contribution in [1.29, 1.82) is 0 Å². The molecule has 0 fully saturated rings. The topological polar surface area (TPSA) is 53.7 Å². The van der Waals surface area contributed by atoms with Crippen molar-refractivity contribution in [3.8, 4) is 0 Å². The third kappa shape index (κ3) is 3.20. The minimum atomic E-state index is 0.0734. The Labute approximate surface area is 119 Å². The summed E-state index contributed by atoms with van der Waals surface area (Å²) in [6.45, 7) is 5.33. The van der Waals surface area contributed by atoms with E-state index in [0.717, 1.165) is 22.1 Å². The molecule has 1 amide bonds. The highest BCUT2D eigenvalue weighted by Gasteiger charge is 2.15. The monoisotopic (exact) mass is 275 g/mol. The van der Waals surface area contributed by atoms with Crippen molar-refractivity contribution in [2.45, 2.75) is 26.7 Å². The molecular formula is C16H21NO3. The lowest BCUT2D eigenvalue weighted by Crippen LogP contribution is -2.33. The average Bonchev–Trinajstić information content (AvgIpc) is 2.82. The summed E-state index contributed by atoms with van der Waals surface area (Å²) in [6, 6.07) is 6.00. The van der Waals surface area contributed by atoms with Crippen LogP contribution in [0.2, 0.25) is 0 Å². The van der Waals surface area contributed by atoms with Crippen LogP contribution in [0.4, 0.5) is 0 Å². The number of carbonyl (C=O) groups excluding carboxylic acids is 1. The van der Waals surface area contributed by atoms with Crippen molar-refractivity contribution < 1.29 is 14.3 Å². The molecule has 2 rings (SSSR count). The number of aryl methyl sites for hydroxylation is 1. The summed E-state index contributed by atoms with van der Waals surface area (Å²) in [5.41, 5.74) is 2.89. The van der Waals surface area contributed by atoms with Gasteiger partial charge in [0, 0.05) is 30.6 Å². The SMILES string of the molecule is CCN(CCCO)C(=O)Cc1coc2cc(C)ccc12. The second-order valence-corrected chi connectivity index (χ2v) is 4.99. The van der Waals surface area contributed by atoms with Gasteiger partial charge in [0.15, 0.2) is 0 Å². The molecule has 20 heavy (non-hydrogen) atoms. The maximum absolute atomic E-state index is 12.3. The number of nitrogens with zero attached hydrogens (tertiary/aromatic N) is 1. The highest BCUT2D eigenvalue weighted by molar-refractivity contribution is 5.87. The van der Waals surface area contributed by atoms with E-state index in [1.807, 2.05) is 32.0 Å². The zero-order valence-corrected chi connectivity index (χ0v) is 12.1. The number of hydrogen-bond donors (Lipinski definition) is 1. The molecule has 0 saturated carbocycles. The number of hydrogen-bond acceptors (Lipinski definition) is 3. The third-order valence-corrected chi connectivity index (χ3v) is 3.47. The number of aliphatic hydroxyl groups excluding tert-OH is 1. The molecule has 0 unspecified atom stereocenters.